The molecule has 0 atom stereocenters. The van der Waals surface area contributed by atoms with Crippen molar-refractivity contribution in [2.24, 2.45) is 0 Å². The number of alkyl halides is 2. The first-order valence-corrected chi connectivity index (χ1v) is 3.76. The van der Waals surface area contributed by atoms with E-state index < -0.39 is 12.1 Å². The normalized spacial score (nSPS) is 10.4. The molecule has 1 aromatic heterocycles. The molecular formula is C8H10F2N2O2. The number of nitrogens with two attached hydrogens (primary N) is 1. The summed E-state index contributed by atoms with van der Waals surface area (Å²) in [6.07, 6.45) is -2.75. The number of nitrogens with zero attached hydrogens (tertiary/aromatic N) is 1. The molecule has 0 aliphatic heterocycles. The Labute approximate surface area is 79.6 Å². The Hall–Kier alpha value is -1.59. The van der Waals surface area contributed by atoms with Gasteiger partial charge in [0.1, 0.15) is 17.1 Å². The Balaban J connectivity index is 3.27. The summed E-state index contributed by atoms with van der Waals surface area (Å²) in [7, 11) is 2.66. The van der Waals surface area contributed by atoms with Crippen molar-refractivity contribution in [2.45, 2.75) is 6.43 Å². The molecule has 0 aliphatic rings. The zero-order chi connectivity index (χ0) is 10.7. The van der Waals surface area contributed by atoms with Gasteiger partial charge in [0.15, 0.2) is 0 Å². The molecule has 0 spiro atoms. The number of anilines is 1. The minimum Gasteiger partial charge on any atom is -0.494 e. The molecule has 1 aromatic rings. The number of hydrogen-bond acceptors (Lipinski definition) is 4. The van der Waals surface area contributed by atoms with Crippen LogP contribution in [0, 0.1) is 0 Å². The third kappa shape index (κ3) is 1.84. The first-order chi connectivity index (χ1) is 6.60. The van der Waals surface area contributed by atoms with Gasteiger partial charge in [-0.2, -0.15) is 0 Å². The van der Waals surface area contributed by atoms with E-state index in [-0.39, 0.29) is 17.3 Å². The molecule has 0 bridgehead atoms. The van der Waals surface area contributed by atoms with Gasteiger partial charge in [0.25, 0.3) is 6.43 Å². The maximum Gasteiger partial charge on any atom is 0.282 e. The Morgan fingerprint density at radius 1 is 1.36 bits per heavy atom. The van der Waals surface area contributed by atoms with Crippen LogP contribution in [0.4, 0.5) is 14.5 Å². The van der Waals surface area contributed by atoms with E-state index in [0.717, 1.165) is 0 Å². The fraction of sp³-hybridized carbons (Fsp3) is 0.375. The largest absolute Gasteiger partial charge is 0.494 e. The van der Waals surface area contributed by atoms with Gasteiger partial charge in [0, 0.05) is 6.07 Å². The Morgan fingerprint density at radius 3 is 2.43 bits per heavy atom. The number of halogens is 2. The van der Waals surface area contributed by atoms with Crippen molar-refractivity contribution in [1.29, 1.82) is 0 Å². The smallest absolute Gasteiger partial charge is 0.282 e. The molecule has 78 valence electrons. The topological polar surface area (TPSA) is 57.4 Å². The Morgan fingerprint density at radius 2 is 2.00 bits per heavy atom. The van der Waals surface area contributed by atoms with Gasteiger partial charge in [0.05, 0.1) is 14.2 Å². The van der Waals surface area contributed by atoms with E-state index in [9.17, 15) is 8.78 Å². The molecule has 0 aliphatic carbocycles. The van der Waals surface area contributed by atoms with E-state index in [2.05, 4.69) is 4.98 Å². The summed E-state index contributed by atoms with van der Waals surface area (Å²) < 4.78 is 34.3. The second kappa shape index (κ2) is 4.08. The summed E-state index contributed by atoms with van der Waals surface area (Å²) in [5.74, 6) is 0.179. The maximum atomic E-state index is 12.4. The second-order valence-electron chi connectivity index (χ2n) is 2.47. The van der Waals surface area contributed by atoms with Crippen molar-refractivity contribution < 1.29 is 18.3 Å². The molecule has 2 N–H and O–H groups in total. The first-order valence-electron chi connectivity index (χ1n) is 3.76. The maximum absolute atomic E-state index is 12.4. The van der Waals surface area contributed by atoms with Crippen LogP contribution >= 0.6 is 0 Å². The molecular weight excluding hydrogens is 194 g/mol. The van der Waals surface area contributed by atoms with Gasteiger partial charge in [-0.3, -0.25) is 0 Å². The average molecular weight is 204 g/mol. The minimum atomic E-state index is -2.75. The lowest BCUT2D eigenvalue weighted by Crippen LogP contribution is -2.03. The molecule has 0 aromatic carbocycles. The highest BCUT2D eigenvalue weighted by Crippen LogP contribution is 2.33. The standard InChI is InChI=1S/C8H10F2N2O2/c1-13-4-3-5(14-2)12-7(6(4)11)8(9)10/h3,8H,11H2,1-2H3. The number of aromatic nitrogens is 1. The summed E-state index contributed by atoms with van der Waals surface area (Å²) in [6, 6.07) is 1.35. The van der Waals surface area contributed by atoms with Crippen LogP contribution in [0.5, 0.6) is 11.6 Å². The van der Waals surface area contributed by atoms with Crippen molar-refractivity contribution in [3.05, 3.63) is 11.8 Å². The number of rotatable bonds is 3. The van der Waals surface area contributed by atoms with Crippen molar-refractivity contribution in [3.8, 4) is 11.6 Å². The van der Waals surface area contributed by atoms with E-state index in [1.54, 1.807) is 0 Å². The van der Waals surface area contributed by atoms with Crippen LogP contribution in [0.25, 0.3) is 0 Å². The summed E-state index contributed by atoms with van der Waals surface area (Å²) in [5.41, 5.74) is 4.71. The van der Waals surface area contributed by atoms with Gasteiger partial charge in [-0.05, 0) is 0 Å². The number of hydrogen-bond donors (Lipinski definition) is 1. The minimum absolute atomic E-state index is 0.0475. The molecule has 4 nitrogen and oxygen atoms in total. The van der Waals surface area contributed by atoms with E-state index in [1.165, 1.54) is 20.3 Å². The highest BCUT2D eigenvalue weighted by Gasteiger charge is 2.18. The fourth-order valence-electron chi connectivity index (χ4n) is 0.967. The summed E-state index contributed by atoms with van der Waals surface area (Å²) >= 11 is 0. The molecule has 0 fully saturated rings. The van der Waals surface area contributed by atoms with Crippen LogP contribution in [0.3, 0.4) is 0 Å². The number of methoxy groups -OCH3 is 2. The van der Waals surface area contributed by atoms with Crippen LogP contribution in [0.2, 0.25) is 0 Å². The van der Waals surface area contributed by atoms with Gasteiger partial charge in [-0.1, -0.05) is 0 Å². The molecule has 1 rings (SSSR count). The molecule has 0 amide bonds. The van der Waals surface area contributed by atoms with Crippen LogP contribution < -0.4 is 15.2 Å². The molecule has 0 saturated heterocycles. The molecule has 0 saturated carbocycles. The van der Waals surface area contributed by atoms with Gasteiger partial charge in [-0.15, -0.1) is 0 Å². The molecule has 1 heterocycles. The number of ether oxygens (including phenoxy) is 2. The monoisotopic (exact) mass is 204 g/mol. The lowest BCUT2D eigenvalue weighted by molar-refractivity contribution is 0.145. The van der Waals surface area contributed by atoms with Crippen molar-refractivity contribution in [1.82, 2.24) is 4.98 Å². The molecule has 0 radical (unpaired) electrons. The Kier molecular flexibility index (Phi) is 3.06. The lowest BCUT2D eigenvalue weighted by atomic mass is 10.3. The first kappa shape index (κ1) is 10.5. The van der Waals surface area contributed by atoms with Crippen molar-refractivity contribution in [3.63, 3.8) is 0 Å². The van der Waals surface area contributed by atoms with Gasteiger partial charge in [0.2, 0.25) is 5.88 Å². The number of pyridine rings is 1. The second-order valence-corrected chi connectivity index (χ2v) is 2.47. The van der Waals surface area contributed by atoms with E-state index in [0.29, 0.717) is 0 Å². The fourth-order valence-corrected chi connectivity index (χ4v) is 0.967. The predicted octanol–water partition coefficient (Wildman–Crippen LogP) is 1.62. The van der Waals surface area contributed by atoms with Gasteiger partial charge >= 0.3 is 0 Å². The molecule has 14 heavy (non-hydrogen) atoms. The SMILES string of the molecule is COc1cc(OC)c(N)c(C(F)F)n1. The Bertz CT molecular complexity index is 331. The van der Waals surface area contributed by atoms with Gasteiger partial charge < -0.3 is 15.2 Å². The highest BCUT2D eigenvalue weighted by molar-refractivity contribution is 5.58. The summed E-state index contributed by atoms with van der Waals surface area (Å²) in [5, 5.41) is 0. The third-order valence-electron chi connectivity index (χ3n) is 1.66. The molecule has 0 unspecified atom stereocenters. The quantitative estimate of drug-likeness (QED) is 0.812. The highest BCUT2D eigenvalue weighted by atomic mass is 19.3. The van der Waals surface area contributed by atoms with E-state index in [4.69, 9.17) is 15.2 Å². The zero-order valence-corrected chi connectivity index (χ0v) is 7.75. The van der Waals surface area contributed by atoms with Crippen LogP contribution in [-0.4, -0.2) is 19.2 Å². The molecule has 6 heteroatoms. The zero-order valence-electron chi connectivity index (χ0n) is 7.75. The van der Waals surface area contributed by atoms with Crippen molar-refractivity contribution in [2.75, 3.05) is 20.0 Å². The van der Waals surface area contributed by atoms with Crippen molar-refractivity contribution >= 4 is 5.69 Å². The van der Waals surface area contributed by atoms with E-state index >= 15 is 0 Å². The van der Waals surface area contributed by atoms with Gasteiger partial charge in [-0.25, -0.2) is 13.8 Å². The third-order valence-corrected chi connectivity index (χ3v) is 1.66. The predicted molar refractivity (Wildman–Crippen MR) is 46.7 cm³/mol. The summed E-state index contributed by atoms with van der Waals surface area (Å²) in [4.78, 5) is 3.52. The lowest BCUT2D eigenvalue weighted by Gasteiger charge is -2.10. The van der Waals surface area contributed by atoms with E-state index in [1.807, 2.05) is 0 Å². The number of nitrogen functional groups attached to an aromatic ring is 1. The summed E-state index contributed by atoms with van der Waals surface area (Å²) in [6.45, 7) is 0. The van der Waals surface area contributed by atoms with Crippen LogP contribution in [0.1, 0.15) is 12.1 Å². The average Bonchev–Trinajstić information content (AvgIpc) is 2.17. The van der Waals surface area contributed by atoms with Crippen LogP contribution in [-0.2, 0) is 0 Å². The van der Waals surface area contributed by atoms with Crippen LogP contribution in [0.15, 0.2) is 6.07 Å².